The van der Waals surface area contributed by atoms with E-state index in [0.717, 1.165) is 4.73 Å². The van der Waals surface area contributed by atoms with Crippen LogP contribution in [0.1, 0.15) is 0 Å². The van der Waals surface area contributed by atoms with Crippen LogP contribution in [-0.4, -0.2) is 35.5 Å². The fourth-order valence-corrected chi connectivity index (χ4v) is 3.04. The third-order valence-corrected chi connectivity index (χ3v) is 4.16. The summed E-state index contributed by atoms with van der Waals surface area (Å²) < 4.78 is 2.34. The zero-order valence-corrected chi connectivity index (χ0v) is 13.2. The number of non-ortho nitro benzene ring substituents is 1. The average molecular weight is 352 g/mol. The maximum Gasteiger partial charge on any atom is 0.323 e. The smallest absolute Gasteiger partial charge is 0.323 e. The molecule has 4 aromatic rings. The highest BCUT2D eigenvalue weighted by molar-refractivity contribution is 5.97. The molecule has 4 rings (SSSR count). The molecule has 0 amide bonds. The van der Waals surface area contributed by atoms with E-state index in [0.29, 0.717) is 22.0 Å². The minimum atomic E-state index is -0.995. The molecule has 0 bridgehead atoms. The summed E-state index contributed by atoms with van der Waals surface area (Å²) in [6, 6.07) is 11.2. The van der Waals surface area contributed by atoms with Crippen molar-refractivity contribution in [3.8, 4) is 11.4 Å². The molecule has 2 aromatic carbocycles. The number of hydrogen-bond acceptors (Lipinski definition) is 5. The number of imidazole rings is 1. The summed E-state index contributed by atoms with van der Waals surface area (Å²) in [7, 11) is 0. The number of para-hydroxylation sites is 1. The quantitative estimate of drug-likeness (QED) is 0.331. The van der Waals surface area contributed by atoms with Crippen LogP contribution in [-0.2, 0) is 11.3 Å². The van der Waals surface area contributed by atoms with Crippen molar-refractivity contribution in [2.75, 3.05) is 0 Å². The van der Waals surface area contributed by atoms with Crippen molar-refractivity contribution in [2.24, 2.45) is 0 Å². The molecule has 2 heterocycles. The van der Waals surface area contributed by atoms with E-state index in [-0.39, 0.29) is 23.6 Å². The highest BCUT2D eigenvalue weighted by Gasteiger charge is 2.20. The van der Waals surface area contributed by atoms with Crippen LogP contribution in [0.25, 0.3) is 33.3 Å². The van der Waals surface area contributed by atoms with Crippen LogP contribution < -0.4 is 0 Å². The topological polar surface area (TPSA) is 123 Å². The van der Waals surface area contributed by atoms with Gasteiger partial charge in [-0.15, -0.1) is 0 Å². The summed E-state index contributed by atoms with van der Waals surface area (Å²) >= 11 is 0. The number of aliphatic carboxylic acids is 1. The van der Waals surface area contributed by atoms with Gasteiger partial charge in [-0.1, -0.05) is 18.2 Å². The fourth-order valence-electron chi connectivity index (χ4n) is 3.04. The molecular formula is C17H12N4O5. The molecule has 26 heavy (non-hydrogen) atoms. The molecule has 0 radical (unpaired) electrons. The minimum Gasteiger partial charge on any atom is -0.480 e. The molecule has 2 aromatic heterocycles. The molecule has 0 saturated carbocycles. The number of benzene rings is 2. The van der Waals surface area contributed by atoms with Gasteiger partial charge in [-0.2, -0.15) is 4.73 Å². The molecular weight excluding hydrogens is 340 g/mol. The van der Waals surface area contributed by atoms with E-state index in [1.165, 1.54) is 18.2 Å². The van der Waals surface area contributed by atoms with Gasteiger partial charge < -0.3 is 14.9 Å². The number of carboxylic acid groups (broad SMARTS) is 1. The van der Waals surface area contributed by atoms with Crippen molar-refractivity contribution in [1.82, 2.24) is 14.3 Å². The Hall–Kier alpha value is -3.88. The second kappa shape index (κ2) is 5.59. The van der Waals surface area contributed by atoms with Crippen molar-refractivity contribution >= 4 is 33.6 Å². The van der Waals surface area contributed by atoms with Crippen molar-refractivity contribution in [3.05, 3.63) is 58.8 Å². The van der Waals surface area contributed by atoms with E-state index in [1.807, 2.05) is 0 Å². The van der Waals surface area contributed by atoms with Gasteiger partial charge in [-0.25, -0.2) is 4.98 Å². The van der Waals surface area contributed by atoms with Crippen LogP contribution in [0.2, 0.25) is 0 Å². The summed E-state index contributed by atoms with van der Waals surface area (Å²) in [5, 5.41) is 31.3. The van der Waals surface area contributed by atoms with Gasteiger partial charge in [-0.05, 0) is 12.1 Å². The minimum absolute atomic E-state index is 0.160. The normalized spacial score (nSPS) is 11.2. The monoisotopic (exact) mass is 352 g/mol. The first-order valence-corrected chi connectivity index (χ1v) is 7.62. The summed E-state index contributed by atoms with van der Waals surface area (Å²) in [5.74, 6) is -0.814. The predicted octanol–water partition coefficient (Wildman–Crippen LogP) is 2.89. The second-order valence-electron chi connectivity index (χ2n) is 5.76. The highest BCUT2D eigenvalue weighted by Crippen LogP contribution is 2.32. The van der Waals surface area contributed by atoms with E-state index in [2.05, 4.69) is 4.98 Å². The van der Waals surface area contributed by atoms with Crippen LogP contribution in [0, 0.1) is 10.1 Å². The third-order valence-electron chi connectivity index (χ3n) is 4.16. The van der Waals surface area contributed by atoms with Gasteiger partial charge in [-0.3, -0.25) is 14.9 Å². The number of nitro groups is 1. The Bertz CT molecular complexity index is 1190. The van der Waals surface area contributed by atoms with E-state index < -0.39 is 10.9 Å². The molecule has 9 nitrogen and oxygen atoms in total. The summed E-state index contributed by atoms with van der Waals surface area (Å²) in [4.78, 5) is 25.9. The van der Waals surface area contributed by atoms with Crippen LogP contribution in [0.3, 0.4) is 0 Å². The Balaban J connectivity index is 1.97. The van der Waals surface area contributed by atoms with Crippen molar-refractivity contribution in [1.29, 1.82) is 0 Å². The van der Waals surface area contributed by atoms with Crippen LogP contribution in [0.4, 0.5) is 5.69 Å². The van der Waals surface area contributed by atoms with Gasteiger partial charge in [0.15, 0.2) is 5.82 Å². The van der Waals surface area contributed by atoms with Gasteiger partial charge in [0.25, 0.3) is 5.69 Å². The van der Waals surface area contributed by atoms with Crippen LogP contribution >= 0.6 is 0 Å². The van der Waals surface area contributed by atoms with Gasteiger partial charge in [0, 0.05) is 34.8 Å². The number of aromatic nitrogens is 3. The van der Waals surface area contributed by atoms with E-state index in [1.54, 1.807) is 35.0 Å². The molecule has 130 valence electrons. The Morgan fingerprint density at radius 2 is 1.96 bits per heavy atom. The first-order chi connectivity index (χ1) is 12.5. The maximum absolute atomic E-state index is 11.1. The number of hydrogen-bond donors (Lipinski definition) is 2. The Labute approximate surface area is 145 Å². The molecule has 0 aliphatic carbocycles. The molecule has 0 aliphatic heterocycles. The predicted molar refractivity (Wildman–Crippen MR) is 92.1 cm³/mol. The molecule has 0 unspecified atom stereocenters. The van der Waals surface area contributed by atoms with Crippen molar-refractivity contribution in [3.63, 3.8) is 0 Å². The first-order valence-electron chi connectivity index (χ1n) is 7.62. The van der Waals surface area contributed by atoms with Gasteiger partial charge in [0.05, 0.1) is 10.4 Å². The molecule has 0 spiro atoms. The highest BCUT2D eigenvalue weighted by atomic mass is 16.6. The first kappa shape index (κ1) is 15.6. The van der Waals surface area contributed by atoms with Crippen molar-refractivity contribution < 1.29 is 20.0 Å². The van der Waals surface area contributed by atoms with E-state index >= 15 is 0 Å². The summed E-state index contributed by atoms with van der Waals surface area (Å²) in [6.45, 7) is -0.238. The number of carboxylic acids is 1. The molecule has 0 fully saturated rings. The third kappa shape index (κ3) is 2.34. The summed E-state index contributed by atoms with van der Waals surface area (Å²) in [5.41, 5.74) is 1.64. The van der Waals surface area contributed by atoms with E-state index in [9.17, 15) is 20.1 Å². The average Bonchev–Trinajstić information content (AvgIpc) is 3.12. The van der Waals surface area contributed by atoms with Crippen LogP contribution in [0.15, 0.2) is 48.7 Å². The molecule has 0 saturated heterocycles. The number of rotatable bonds is 4. The van der Waals surface area contributed by atoms with Crippen molar-refractivity contribution in [2.45, 2.75) is 6.54 Å². The number of fused-ring (bicyclic) bond motifs is 2. The summed E-state index contributed by atoms with van der Waals surface area (Å²) in [6.07, 6.45) is 1.60. The van der Waals surface area contributed by atoms with Crippen LogP contribution in [0.5, 0.6) is 0 Å². The standard InChI is InChI=1S/C17H12N4O5/c22-16(23)9-19-8-12(11-3-1-2-4-14(11)19)17-18-13-6-5-10(21(25)26)7-15(13)20(17)24/h1-8,24H,9H2,(H,22,23). The van der Waals surface area contributed by atoms with E-state index in [4.69, 9.17) is 5.11 Å². The molecule has 2 N–H and O–H groups in total. The second-order valence-corrected chi connectivity index (χ2v) is 5.76. The number of nitrogens with zero attached hydrogens (tertiary/aromatic N) is 4. The maximum atomic E-state index is 11.1. The zero-order valence-electron chi connectivity index (χ0n) is 13.2. The lowest BCUT2D eigenvalue weighted by molar-refractivity contribution is -0.384. The Morgan fingerprint density at radius 1 is 1.19 bits per heavy atom. The largest absolute Gasteiger partial charge is 0.480 e. The van der Waals surface area contributed by atoms with Gasteiger partial charge in [0.2, 0.25) is 0 Å². The molecule has 9 heteroatoms. The molecule has 0 atom stereocenters. The molecule has 0 aliphatic rings. The number of nitro benzene ring substituents is 1. The lowest BCUT2D eigenvalue weighted by atomic mass is 10.2. The number of carbonyl (C=O) groups is 1. The van der Waals surface area contributed by atoms with Gasteiger partial charge >= 0.3 is 5.97 Å². The zero-order chi connectivity index (χ0) is 18.4. The van der Waals surface area contributed by atoms with Gasteiger partial charge in [0.1, 0.15) is 12.1 Å². The lowest BCUT2D eigenvalue weighted by Crippen LogP contribution is -2.07. The SMILES string of the molecule is O=C(O)Cn1cc(-c2nc3ccc([N+](=O)[O-])cc3n2O)c2ccccc21. The Morgan fingerprint density at radius 3 is 2.69 bits per heavy atom. The fraction of sp³-hybridized carbons (Fsp3) is 0.0588. The Kier molecular flexibility index (Phi) is 3.36. The lowest BCUT2D eigenvalue weighted by Gasteiger charge is -1.99.